The van der Waals surface area contributed by atoms with E-state index in [2.05, 4.69) is 30.3 Å². The van der Waals surface area contributed by atoms with Crippen molar-refractivity contribution in [3.63, 3.8) is 0 Å². The van der Waals surface area contributed by atoms with E-state index < -0.39 is 0 Å². The third kappa shape index (κ3) is 1.65. The Morgan fingerprint density at radius 1 is 1.46 bits per heavy atom. The van der Waals surface area contributed by atoms with Crippen molar-refractivity contribution in [2.75, 3.05) is 0 Å². The Labute approximate surface area is 81.9 Å². The van der Waals surface area contributed by atoms with Crippen molar-refractivity contribution >= 4 is 11.3 Å². The molecule has 3 heteroatoms. The van der Waals surface area contributed by atoms with Crippen LogP contribution in [0.1, 0.15) is 24.6 Å². The molecule has 0 aromatic carbocycles. The van der Waals surface area contributed by atoms with Gasteiger partial charge in [0.25, 0.3) is 0 Å². The van der Waals surface area contributed by atoms with Crippen LogP contribution in [0.25, 0.3) is 5.69 Å². The normalized spacial score (nSPS) is 11.0. The fourth-order valence-corrected chi connectivity index (χ4v) is 2.10. The zero-order chi connectivity index (χ0) is 9.26. The van der Waals surface area contributed by atoms with Crippen LogP contribution in [0, 0.1) is 0 Å². The Morgan fingerprint density at radius 2 is 2.31 bits per heavy atom. The summed E-state index contributed by atoms with van der Waals surface area (Å²) in [6.45, 7) is 4.42. The maximum absolute atomic E-state index is 4.02. The van der Waals surface area contributed by atoms with Gasteiger partial charge in [-0.15, -0.1) is 11.3 Å². The lowest BCUT2D eigenvalue weighted by molar-refractivity contribution is 0.887. The van der Waals surface area contributed by atoms with E-state index in [9.17, 15) is 0 Å². The maximum Gasteiger partial charge on any atom is 0.0991 e. The fourth-order valence-electron chi connectivity index (χ4n) is 1.19. The number of hydrogen-bond donors (Lipinski definition) is 0. The standard InChI is InChI=1S/C10H12N2S/c1-8(2)10-5-9(6-13-10)12-4-3-11-7-12/h3-8H,1-2H3. The average molecular weight is 192 g/mol. The van der Waals surface area contributed by atoms with Crippen molar-refractivity contribution in [1.82, 2.24) is 9.55 Å². The second-order valence-corrected chi connectivity index (χ2v) is 4.27. The van der Waals surface area contributed by atoms with Crippen LogP contribution in [0.4, 0.5) is 0 Å². The molecule has 2 heterocycles. The quantitative estimate of drug-likeness (QED) is 0.715. The fraction of sp³-hybridized carbons (Fsp3) is 0.300. The first-order chi connectivity index (χ1) is 6.27. The lowest BCUT2D eigenvalue weighted by Crippen LogP contribution is -1.86. The third-order valence-corrected chi connectivity index (χ3v) is 3.20. The monoisotopic (exact) mass is 192 g/mol. The Bertz CT molecular complexity index is 373. The van der Waals surface area contributed by atoms with Crippen LogP contribution in [-0.4, -0.2) is 9.55 Å². The van der Waals surface area contributed by atoms with Crippen molar-refractivity contribution in [2.24, 2.45) is 0 Å². The molecule has 0 aliphatic heterocycles. The molecule has 0 N–H and O–H groups in total. The van der Waals surface area contributed by atoms with Gasteiger partial charge in [-0.25, -0.2) is 4.98 Å². The summed E-state index contributed by atoms with van der Waals surface area (Å²) < 4.78 is 2.03. The smallest absolute Gasteiger partial charge is 0.0991 e. The Morgan fingerprint density at radius 3 is 2.85 bits per heavy atom. The largest absolute Gasteiger partial charge is 0.305 e. The first kappa shape index (κ1) is 8.51. The molecule has 2 aromatic rings. The highest BCUT2D eigenvalue weighted by Crippen LogP contribution is 2.24. The lowest BCUT2D eigenvalue weighted by Gasteiger charge is -1.98. The molecule has 2 aromatic heterocycles. The molecule has 0 radical (unpaired) electrons. The number of nitrogens with zero attached hydrogens (tertiary/aromatic N) is 2. The molecule has 2 rings (SSSR count). The highest BCUT2D eigenvalue weighted by molar-refractivity contribution is 7.10. The van der Waals surface area contributed by atoms with Gasteiger partial charge in [0, 0.05) is 22.7 Å². The van der Waals surface area contributed by atoms with Gasteiger partial charge in [-0.3, -0.25) is 0 Å². The second-order valence-electron chi connectivity index (χ2n) is 3.33. The van der Waals surface area contributed by atoms with E-state index in [4.69, 9.17) is 0 Å². The van der Waals surface area contributed by atoms with Gasteiger partial charge in [-0.2, -0.15) is 0 Å². The zero-order valence-electron chi connectivity index (χ0n) is 7.77. The minimum Gasteiger partial charge on any atom is -0.305 e. The number of thiophene rings is 1. The molecule has 0 saturated heterocycles. The van der Waals surface area contributed by atoms with Crippen molar-refractivity contribution in [1.29, 1.82) is 0 Å². The van der Waals surface area contributed by atoms with Gasteiger partial charge < -0.3 is 4.57 Å². The zero-order valence-corrected chi connectivity index (χ0v) is 8.58. The number of rotatable bonds is 2. The van der Waals surface area contributed by atoms with Crippen molar-refractivity contribution in [3.8, 4) is 5.69 Å². The van der Waals surface area contributed by atoms with E-state index in [0.29, 0.717) is 5.92 Å². The van der Waals surface area contributed by atoms with Crippen LogP contribution < -0.4 is 0 Å². The van der Waals surface area contributed by atoms with Crippen LogP contribution >= 0.6 is 11.3 Å². The van der Waals surface area contributed by atoms with Gasteiger partial charge in [0.15, 0.2) is 0 Å². The molecule has 0 amide bonds. The Hall–Kier alpha value is -1.09. The molecule has 0 spiro atoms. The molecule has 0 unspecified atom stereocenters. The SMILES string of the molecule is CC(C)c1cc(-n2ccnc2)cs1. The summed E-state index contributed by atoms with van der Waals surface area (Å²) in [4.78, 5) is 5.44. The molecule has 0 atom stereocenters. The molecule has 0 fully saturated rings. The van der Waals surface area contributed by atoms with E-state index in [1.807, 2.05) is 28.4 Å². The van der Waals surface area contributed by atoms with Gasteiger partial charge in [0.2, 0.25) is 0 Å². The molecule has 0 bridgehead atoms. The summed E-state index contributed by atoms with van der Waals surface area (Å²) in [6.07, 6.45) is 5.59. The molecule has 0 saturated carbocycles. The van der Waals surface area contributed by atoms with Gasteiger partial charge in [0.05, 0.1) is 12.0 Å². The number of imidazole rings is 1. The summed E-state index contributed by atoms with van der Waals surface area (Å²) in [6, 6.07) is 2.22. The van der Waals surface area contributed by atoms with E-state index in [1.54, 1.807) is 6.20 Å². The molecule has 0 aliphatic carbocycles. The highest BCUT2D eigenvalue weighted by atomic mass is 32.1. The summed E-state index contributed by atoms with van der Waals surface area (Å²) in [5.74, 6) is 0.613. The molecule has 68 valence electrons. The minimum atomic E-state index is 0.613. The van der Waals surface area contributed by atoms with E-state index in [-0.39, 0.29) is 0 Å². The number of hydrogen-bond acceptors (Lipinski definition) is 2. The lowest BCUT2D eigenvalue weighted by atomic mass is 10.2. The van der Waals surface area contributed by atoms with Gasteiger partial charge >= 0.3 is 0 Å². The predicted octanol–water partition coefficient (Wildman–Crippen LogP) is 3.06. The predicted molar refractivity (Wildman–Crippen MR) is 55.5 cm³/mol. The van der Waals surface area contributed by atoms with Crippen molar-refractivity contribution in [3.05, 3.63) is 35.0 Å². The van der Waals surface area contributed by atoms with Gasteiger partial charge in [0.1, 0.15) is 0 Å². The molecule has 2 nitrogen and oxygen atoms in total. The van der Waals surface area contributed by atoms with Crippen LogP contribution in [0.15, 0.2) is 30.2 Å². The van der Waals surface area contributed by atoms with Crippen LogP contribution in [-0.2, 0) is 0 Å². The van der Waals surface area contributed by atoms with Crippen molar-refractivity contribution in [2.45, 2.75) is 19.8 Å². The summed E-state index contributed by atoms with van der Waals surface area (Å²) >= 11 is 1.81. The summed E-state index contributed by atoms with van der Waals surface area (Å²) in [7, 11) is 0. The third-order valence-electron chi connectivity index (χ3n) is 1.98. The Kier molecular flexibility index (Phi) is 2.19. The average Bonchev–Trinajstić information content (AvgIpc) is 2.75. The minimum absolute atomic E-state index is 0.613. The maximum atomic E-state index is 4.02. The topological polar surface area (TPSA) is 17.8 Å². The first-order valence-corrected chi connectivity index (χ1v) is 5.22. The van der Waals surface area contributed by atoms with Gasteiger partial charge in [-0.05, 0) is 12.0 Å². The Balaban J connectivity index is 2.33. The molecule has 13 heavy (non-hydrogen) atoms. The summed E-state index contributed by atoms with van der Waals surface area (Å²) in [5, 5.41) is 2.16. The number of aromatic nitrogens is 2. The van der Waals surface area contributed by atoms with Gasteiger partial charge in [-0.1, -0.05) is 13.8 Å². The van der Waals surface area contributed by atoms with E-state index in [1.165, 1.54) is 10.6 Å². The van der Waals surface area contributed by atoms with Crippen LogP contribution in [0.2, 0.25) is 0 Å². The van der Waals surface area contributed by atoms with Crippen LogP contribution in [0.5, 0.6) is 0 Å². The van der Waals surface area contributed by atoms with E-state index in [0.717, 1.165) is 0 Å². The molecule has 0 aliphatic rings. The second kappa shape index (κ2) is 3.34. The summed E-state index contributed by atoms with van der Waals surface area (Å²) in [5.41, 5.74) is 1.21. The molecular weight excluding hydrogens is 180 g/mol. The van der Waals surface area contributed by atoms with Crippen molar-refractivity contribution < 1.29 is 0 Å². The first-order valence-electron chi connectivity index (χ1n) is 4.34. The van der Waals surface area contributed by atoms with E-state index >= 15 is 0 Å². The van der Waals surface area contributed by atoms with Crippen LogP contribution in [0.3, 0.4) is 0 Å². The molecular formula is C10H12N2S. The highest BCUT2D eigenvalue weighted by Gasteiger charge is 2.04.